The standard InChI is InChI=1S/C29H23F3N2O6/c1-40-26(36)14-20(11-16-5-8-21(35)9-6-16)33-27(37)25-15-23(28(38)39)22-13-18(7-10-24(22)34-25)17-3-2-4-19(12-17)29(30,31)32/h2-10,12-13,15,20,35H,11,14H2,1H3,(H,33,37)(H,38,39)/t20-/m0/s1. The lowest BCUT2D eigenvalue weighted by molar-refractivity contribution is -0.141. The SMILES string of the molecule is COC(=O)C[C@H](Cc1ccc(O)cc1)NC(=O)c1cc(C(=O)O)c2cc(-c3cccc(C(F)(F)F)c3)ccc2n1. The number of rotatable bonds is 8. The number of methoxy groups -OCH3 is 1. The van der Waals surface area contributed by atoms with Crippen molar-refractivity contribution in [2.45, 2.75) is 25.1 Å². The molecule has 0 aliphatic rings. The number of hydrogen-bond donors (Lipinski definition) is 3. The van der Waals surface area contributed by atoms with E-state index in [9.17, 15) is 37.8 Å². The summed E-state index contributed by atoms with van der Waals surface area (Å²) >= 11 is 0. The van der Waals surface area contributed by atoms with Gasteiger partial charge in [-0.05, 0) is 65.6 Å². The maximum atomic E-state index is 13.2. The van der Waals surface area contributed by atoms with E-state index < -0.39 is 35.6 Å². The highest BCUT2D eigenvalue weighted by Crippen LogP contribution is 2.33. The molecular formula is C29H23F3N2O6. The van der Waals surface area contributed by atoms with E-state index in [0.29, 0.717) is 11.1 Å². The normalized spacial score (nSPS) is 12.1. The number of halogens is 3. The van der Waals surface area contributed by atoms with Crippen molar-refractivity contribution in [1.29, 1.82) is 0 Å². The molecule has 0 aliphatic heterocycles. The Morgan fingerprint density at radius 2 is 1.68 bits per heavy atom. The predicted octanol–water partition coefficient (Wildman–Crippen LogP) is 5.23. The number of benzene rings is 3. The molecule has 0 bridgehead atoms. The van der Waals surface area contributed by atoms with E-state index >= 15 is 0 Å². The van der Waals surface area contributed by atoms with Crippen LogP contribution in [0, 0.1) is 0 Å². The van der Waals surface area contributed by atoms with Crippen molar-refractivity contribution in [3.05, 3.63) is 95.2 Å². The summed E-state index contributed by atoms with van der Waals surface area (Å²) in [4.78, 5) is 41.5. The van der Waals surface area contributed by atoms with E-state index in [4.69, 9.17) is 4.74 Å². The molecule has 1 atom stereocenters. The Kier molecular flexibility index (Phi) is 8.03. The minimum Gasteiger partial charge on any atom is -0.508 e. The molecule has 0 spiro atoms. The number of carboxylic acids is 1. The van der Waals surface area contributed by atoms with Crippen LogP contribution in [-0.2, 0) is 22.1 Å². The van der Waals surface area contributed by atoms with Gasteiger partial charge in [0.2, 0.25) is 0 Å². The molecule has 0 radical (unpaired) electrons. The van der Waals surface area contributed by atoms with E-state index in [1.165, 1.54) is 49.6 Å². The highest BCUT2D eigenvalue weighted by molar-refractivity contribution is 6.06. The number of esters is 1. The average Bonchev–Trinajstić information content (AvgIpc) is 2.92. The van der Waals surface area contributed by atoms with Gasteiger partial charge in [-0.3, -0.25) is 9.59 Å². The molecule has 0 aliphatic carbocycles. The molecule has 11 heteroatoms. The third-order valence-corrected chi connectivity index (χ3v) is 6.19. The Bertz CT molecular complexity index is 1590. The van der Waals surface area contributed by atoms with Gasteiger partial charge in [0.05, 0.1) is 30.2 Å². The van der Waals surface area contributed by atoms with E-state index in [1.54, 1.807) is 12.1 Å². The first kappa shape index (κ1) is 28.1. The third-order valence-electron chi connectivity index (χ3n) is 6.19. The van der Waals surface area contributed by atoms with Gasteiger partial charge in [-0.1, -0.05) is 30.3 Å². The first-order valence-corrected chi connectivity index (χ1v) is 12.0. The number of aromatic hydroxyl groups is 1. The second-order valence-corrected chi connectivity index (χ2v) is 8.99. The second-order valence-electron chi connectivity index (χ2n) is 8.99. The van der Waals surface area contributed by atoms with E-state index in [1.807, 2.05) is 0 Å². The molecule has 40 heavy (non-hydrogen) atoms. The van der Waals surface area contributed by atoms with Crippen molar-refractivity contribution in [2.75, 3.05) is 7.11 Å². The summed E-state index contributed by atoms with van der Waals surface area (Å²) in [5.41, 5.74) is 0.0874. The van der Waals surface area contributed by atoms with Gasteiger partial charge in [0, 0.05) is 11.4 Å². The monoisotopic (exact) mass is 552 g/mol. The van der Waals surface area contributed by atoms with Crippen LogP contribution >= 0.6 is 0 Å². The fraction of sp³-hybridized carbons (Fsp3) is 0.172. The summed E-state index contributed by atoms with van der Waals surface area (Å²) in [6, 6.07) is 15.5. The van der Waals surface area contributed by atoms with Crippen molar-refractivity contribution in [3.8, 4) is 16.9 Å². The zero-order chi connectivity index (χ0) is 29.0. The molecule has 0 saturated heterocycles. The number of hydrogen-bond acceptors (Lipinski definition) is 6. The van der Waals surface area contributed by atoms with Crippen LogP contribution in [0.5, 0.6) is 5.75 Å². The number of nitrogens with one attached hydrogen (secondary N) is 1. The lowest BCUT2D eigenvalue weighted by Gasteiger charge is -2.18. The second kappa shape index (κ2) is 11.4. The number of aromatic carboxylic acids is 1. The summed E-state index contributed by atoms with van der Waals surface area (Å²) in [6.45, 7) is 0. The highest BCUT2D eigenvalue weighted by Gasteiger charge is 2.30. The third kappa shape index (κ3) is 6.55. The minimum atomic E-state index is -4.54. The number of phenols is 1. The maximum absolute atomic E-state index is 13.2. The number of fused-ring (bicyclic) bond motifs is 1. The van der Waals surface area contributed by atoms with Crippen molar-refractivity contribution in [3.63, 3.8) is 0 Å². The van der Waals surface area contributed by atoms with Gasteiger partial charge in [0.15, 0.2) is 0 Å². The van der Waals surface area contributed by atoms with Gasteiger partial charge in [0.25, 0.3) is 5.91 Å². The largest absolute Gasteiger partial charge is 0.508 e. The van der Waals surface area contributed by atoms with Crippen LogP contribution in [-0.4, -0.2) is 46.2 Å². The topological polar surface area (TPSA) is 126 Å². The van der Waals surface area contributed by atoms with Crippen LogP contribution in [0.3, 0.4) is 0 Å². The average molecular weight is 553 g/mol. The van der Waals surface area contributed by atoms with Gasteiger partial charge in [0.1, 0.15) is 11.4 Å². The quantitative estimate of drug-likeness (QED) is 0.256. The Labute approximate surface area is 226 Å². The number of carboxylic acid groups (broad SMARTS) is 1. The first-order valence-electron chi connectivity index (χ1n) is 12.0. The number of ether oxygens (including phenoxy) is 1. The summed E-state index contributed by atoms with van der Waals surface area (Å²) in [7, 11) is 1.21. The van der Waals surface area contributed by atoms with Crippen molar-refractivity contribution in [2.24, 2.45) is 0 Å². The van der Waals surface area contributed by atoms with E-state index in [-0.39, 0.29) is 46.3 Å². The maximum Gasteiger partial charge on any atom is 0.416 e. The van der Waals surface area contributed by atoms with Crippen molar-refractivity contribution >= 4 is 28.7 Å². The van der Waals surface area contributed by atoms with Gasteiger partial charge in [-0.15, -0.1) is 0 Å². The van der Waals surface area contributed by atoms with Crippen LogP contribution in [0.2, 0.25) is 0 Å². The molecule has 0 fully saturated rings. The summed E-state index contributed by atoms with van der Waals surface area (Å²) < 4.78 is 44.3. The predicted molar refractivity (Wildman–Crippen MR) is 139 cm³/mol. The Hall–Kier alpha value is -4.93. The zero-order valence-electron chi connectivity index (χ0n) is 21.0. The number of amides is 1. The molecule has 1 heterocycles. The molecular weight excluding hydrogens is 529 g/mol. The molecule has 4 aromatic rings. The van der Waals surface area contributed by atoms with E-state index in [0.717, 1.165) is 18.2 Å². The van der Waals surface area contributed by atoms with Crippen molar-refractivity contribution < 1.29 is 42.5 Å². The molecule has 206 valence electrons. The Balaban J connectivity index is 1.67. The van der Waals surface area contributed by atoms with Crippen LogP contribution in [0.25, 0.3) is 22.0 Å². The van der Waals surface area contributed by atoms with Crippen molar-refractivity contribution in [1.82, 2.24) is 10.3 Å². The summed E-state index contributed by atoms with van der Waals surface area (Å²) in [5.74, 6) is -2.63. The number of nitrogens with zero attached hydrogens (tertiary/aromatic N) is 1. The van der Waals surface area contributed by atoms with Gasteiger partial charge >= 0.3 is 18.1 Å². The zero-order valence-corrected chi connectivity index (χ0v) is 21.0. The van der Waals surface area contributed by atoms with Crippen LogP contribution in [0.15, 0.2) is 72.8 Å². The van der Waals surface area contributed by atoms with Crippen LogP contribution < -0.4 is 5.32 Å². The number of phenolic OH excluding ortho intramolecular Hbond substituents is 1. The molecule has 1 aromatic heterocycles. The molecule has 0 unspecified atom stereocenters. The fourth-order valence-corrected chi connectivity index (χ4v) is 4.21. The Morgan fingerprint density at radius 3 is 2.33 bits per heavy atom. The smallest absolute Gasteiger partial charge is 0.416 e. The minimum absolute atomic E-state index is 0.0510. The number of pyridine rings is 1. The molecule has 4 rings (SSSR count). The number of aromatic nitrogens is 1. The van der Waals surface area contributed by atoms with Gasteiger partial charge in [-0.2, -0.15) is 13.2 Å². The first-order chi connectivity index (χ1) is 18.9. The molecule has 8 nitrogen and oxygen atoms in total. The highest BCUT2D eigenvalue weighted by atomic mass is 19.4. The van der Waals surface area contributed by atoms with Crippen LogP contribution in [0.4, 0.5) is 13.2 Å². The molecule has 3 aromatic carbocycles. The number of alkyl halides is 3. The Morgan fingerprint density at radius 1 is 0.975 bits per heavy atom. The lowest BCUT2D eigenvalue weighted by Crippen LogP contribution is -2.38. The van der Waals surface area contributed by atoms with Gasteiger partial charge in [-0.25, -0.2) is 9.78 Å². The fourth-order valence-electron chi connectivity index (χ4n) is 4.21. The number of carbonyl (C=O) groups excluding carboxylic acids is 2. The van der Waals surface area contributed by atoms with Crippen LogP contribution in [0.1, 0.15) is 38.4 Å². The summed E-state index contributed by atoms with van der Waals surface area (Å²) in [6.07, 6.45) is -4.51. The van der Waals surface area contributed by atoms with E-state index in [2.05, 4.69) is 10.3 Å². The number of carbonyl (C=O) groups is 3. The molecule has 0 saturated carbocycles. The summed E-state index contributed by atoms with van der Waals surface area (Å²) in [5, 5.41) is 22.2. The lowest BCUT2D eigenvalue weighted by atomic mass is 9.98. The van der Waals surface area contributed by atoms with Gasteiger partial charge < -0.3 is 20.3 Å². The molecule has 3 N–H and O–H groups in total. The molecule has 1 amide bonds.